The van der Waals surface area contributed by atoms with Gasteiger partial charge in [0.2, 0.25) is 0 Å². The molecule has 2 aliphatic carbocycles. The van der Waals surface area contributed by atoms with E-state index < -0.39 is 0 Å². The summed E-state index contributed by atoms with van der Waals surface area (Å²) in [5.74, 6) is 0.741. The summed E-state index contributed by atoms with van der Waals surface area (Å²) in [7, 11) is 0. The van der Waals surface area contributed by atoms with Crippen LogP contribution in [0.25, 0.3) is 11.1 Å². The van der Waals surface area contributed by atoms with Crippen LogP contribution < -0.4 is 0 Å². The molecule has 2 aliphatic heterocycles. The van der Waals surface area contributed by atoms with Gasteiger partial charge in [0, 0.05) is 5.41 Å². The molecule has 4 aliphatic rings. The maximum Gasteiger partial charge on any atom is 0.112 e. The molecule has 0 N–H and O–H groups in total. The van der Waals surface area contributed by atoms with Gasteiger partial charge in [0.05, 0.1) is 19.8 Å². The van der Waals surface area contributed by atoms with E-state index in [2.05, 4.69) is 63.2 Å². The lowest BCUT2D eigenvalue weighted by Crippen LogP contribution is -2.32. The molecule has 3 fully saturated rings. The van der Waals surface area contributed by atoms with Crippen LogP contribution in [0.2, 0.25) is 0 Å². The first kappa shape index (κ1) is 19.0. The van der Waals surface area contributed by atoms with Gasteiger partial charge < -0.3 is 14.2 Å². The van der Waals surface area contributed by atoms with Gasteiger partial charge in [-0.3, -0.25) is 0 Å². The van der Waals surface area contributed by atoms with Crippen molar-refractivity contribution < 1.29 is 14.2 Å². The predicted octanol–water partition coefficient (Wildman–Crippen LogP) is 5.65. The van der Waals surface area contributed by atoms with E-state index in [9.17, 15) is 0 Å². The van der Waals surface area contributed by atoms with E-state index in [4.69, 9.17) is 14.2 Å². The second kappa shape index (κ2) is 6.66. The molecule has 2 heterocycles. The zero-order valence-electron chi connectivity index (χ0n) is 18.3. The van der Waals surface area contributed by atoms with Crippen molar-refractivity contribution in [1.29, 1.82) is 0 Å². The lowest BCUT2D eigenvalue weighted by molar-refractivity contribution is 0.0229. The maximum absolute atomic E-state index is 6.52. The fourth-order valence-electron chi connectivity index (χ4n) is 6.53. The quantitative estimate of drug-likeness (QED) is 0.583. The Balaban J connectivity index is 1.47. The highest BCUT2D eigenvalue weighted by Crippen LogP contribution is 2.66. The monoisotopic (exact) mass is 404 g/mol. The summed E-state index contributed by atoms with van der Waals surface area (Å²) in [6, 6.07) is 15.6. The third kappa shape index (κ3) is 3.23. The molecule has 0 radical (unpaired) electrons. The van der Waals surface area contributed by atoms with Crippen LogP contribution in [0.1, 0.15) is 62.8 Å². The average molecular weight is 405 g/mol. The number of ether oxygens (including phenoxy) is 3. The Hall–Kier alpha value is -1.68. The standard InChI is InChI=1S/C27H32O3/c1-17-11-26(2,3)16-27(12-17)21-10-9-20(18-7-5-4-6-8-18)23(24(21)27)25(22-15-29-22)30-14-19-13-28-19/h4-10,17,19,22,25H,11-16H2,1-3H3. The van der Waals surface area contributed by atoms with Crippen LogP contribution in [0.5, 0.6) is 0 Å². The van der Waals surface area contributed by atoms with Crippen LogP contribution in [0.3, 0.4) is 0 Å². The minimum atomic E-state index is -0.000856. The fourth-order valence-corrected chi connectivity index (χ4v) is 6.53. The molecule has 158 valence electrons. The fraction of sp³-hybridized carbons (Fsp3) is 0.556. The number of hydrogen-bond acceptors (Lipinski definition) is 3. The molecular weight excluding hydrogens is 372 g/mol. The highest BCUT2D eigenvalue weighted by atomic mass is 16.6. The Morgan fingerprint density at radius 3 is 2.47 bits per heavy atom. The Bertz CT molecular complexity index is 958. The van der Waals surface area contributed by atoms with Crippen LogP contribution >= 0.6 is 0 Å². The van der Waals surface area contributed by atoms with E-state index in [1.165, 1.54) is 36.0 Å². The number of epoxide rings is 2. The molecule has 2 aromatic carbocycles. The van der Waals surface area contributed by atoms with Crippen molar-refractivity contribution in [2.24, 2.45) is 11.3 Å². The zero-order valence-corrected chi connectivity index (χ0v) is 18.3. The topological polar surface area (TPSA) is 34.3 Å². The summed E-state index contributed by atoms with van der Waals surface area (Å²) >= 11 is 0. The Morgan fingerprint density at radius 1 is 1.03 bits per heavy atom. The number of fused-ring (bicyclic) bond motifs is 3. The van der Waals surface area contributed by atoms with Crippen molar-refractivity contribution in [2.45, 2.75) is 63.8 Å². The van der Waals surface area contributed by atoms with E-state index in [0.29, 0.717) is 12.0 Å². The summed E-state index contributed by atoms with van der Waals surface area (Å²) < 4.78 is 17.8. The highest BCUT2D eigenvalue weighted by Gasteiger charge is 2.59. The second-order valence-electron chi connectivity index (χ2n) is 10.8. The van der Waals surface area contributed by atoms with Crippen LogP contribution in [-0.4, -0.2) is 32.0 Å². The van der Waals surface area contributed by atoms with Gasteiger partial charge >= 0.3 is 0 Å². The molecule has 1 spiro atoms. The molecule has 3 nitrogen and oxygen atoms in total. The van der Waals surface area contributed by atoms with Crippen LogP contribution in [0.4, 0.5) is 0 Å². The third-order valence-corrected chi connectivity index (χ3v) is 7.49. The molecule has 5 atom stereocenters. The summed E-state index contributed by atoms with van der Waals surface area (Å²) in [6.45, 7) is 9.61. The van der Waals surface area contributed by atoms with Crippen LogP contribution in [0, 0.1) is 11.3 Å². The van der Waals surface area contributed by atoms with E-state index in [1.807, 2.05) is 0 Å². The van der Waals surface area contributed by atoms with Crippen molar-refractivity contribution in [3.8, 4) is 11.1 Å². The first-order chi connectivity index (χ1) is 14.5. The van der Waals surface area contributed by atoms with Gasteiger partial charge in [-0.05, 0) is 58.4 Å². The minimum absolute atomic E-state index is 0.000856. The lowest BCUT2D eigenvalue weighted by atomic mass is 9.64. The van der Waals surface area contributed by atoms with Gasteiger partial charge in [-0.15, -0.1) is 0 Å². The Labute approximate surface area is 179 Å². The van der Waals surface area contributed by atoms with Gasteiger partial charge in [0.1, 0.15) is 18.3 Å². The molecule has 6 rings (SSSR count). The van der Waals surface area contributed by atoms with Crippen molar-refractivity contribution in [1.82, 2.24) is 0 Å². The van der Waals surface area contributed by atoms with Crippen LogP contribution in [0.15, 0.2) is 42.5 Å². The molecule has 2 aromatic rings. The van der Waals surface area contributed by atoms with Gasteiger partial charge in [0.15, 0.2) is 0 Å². The molecule has 1 saturated carbocycles. The minimum Gasteiger partial charge on any atom is -0.371 e. The molecule has 0 amide bonds. The Morgan fingerprint density at radius 2 is 1.80 bits per heavy atom. The highest BCUT2D eigenvalue weighted by molar-refractivity contribution is 5.78. The molecule has 5 unspecified atom stereocenters. The first-order valence-electron chi connectivity index (χ1n) is 11.5. The molecule has 0 aromatic heterocycles. The van der Waals surface area contributed by atoms with Crippen molar-refractivity contribution >= 4 is 0 Å². The van der Waals surface area contributed by atoms with E-state index in [1.54, 1.807) is 11.1 Å². The maximum atomic E-state index is 6.52. The largest absolute Gasteiger partial charge is 0.371 e. The molecule has 30 heavy (non-hydrogen) atoms. The summed E-state index contributed by atoms with van der Waals surface area (Å²) in [6.07, 6.45) is 4.26. The van der Waals surface area contributed by atoms with Crippen molar-refractivity contribution in [2.75, 3.05) is 19.8 Å². The van der Waals surface area contributed by atoms with Crippen molar-refractivity contribution in [3.05, 3.63) is 59.2 Å². The van der Waals surface area contributed by atoms with Gasteiger partial charge in [-0.25, -0.2) is 0 Å². The molecule has 0 bridgehead atoms. The lowest BCUT2D eigenvalue weighted by Gasteiger charge is -2.40. The molecule has 2 saturated heterocycles. The Kier molecular flexibility index (Phi) is 4.22. The number of rotatable bonds is 6. The van der Waals surface area contributed by atoms with Gasteiger partial charge in [-0.2, -0.15) is 0 Å². The van der Waals surface area contributed by atoms with Gasteiger partial charge in [0.25, 0.3) is 0 Å². The molecule has 3 heteroatoms. The zero-order chi connectivity index (χ0) is 20.5. The average Bonchev–Trinajstić information content (AvgIpc) is 3.57. The number of benzene rings is 2. The summed E-state index contributed by atoms with van der Waals surface area (Å²) in [5.41, 5.74) is 7.73. The van der Waals surface area contributed by atoms with E-state index >= 15 is 0 Å². The SMILES string of the molecule is CC1CC(C)(C)CC2(C1)c1ccc(-c3ccccc3)c(C(OCC3CO3)C3CO3)c12. The van der Waals surface area contributed by atoms with Gasteiger partial charge in [-0.1, -0.05) is 63.2 Å². The van der Waals surface area contributed by atoms with E-state index in [-0.39, 0.29) is 23.7 Å². The van der Waals surface area contributed by atoms with E-state index in [0.717, 1.165) is 19.1 Å². The molecular formula is C27H32O3. The summed E-state index contributed by atoms with van der Waals surface area (Å²) in [4.78, 5) is 0. The number of hydrogen-bond donors (Lipinski definition) is 0. The van der Waals surface area contributed by atoms with Crippen LogP contribution in [-0.2, 0) is 19.6 Å². The first-order valence-corrected chi connectivity index (χ1v) is 11.5. The smallest absolute Gasteiger partial charge is 0.112 e. The predicted molar refractivity (Wildman–Crippen MR) is 118 cm³/mol. The summed E-state index contributed by atoms with van der Waals surface area (Å²) in [5, 5.41) is 0. The normalized spacial score (nSPS) is 33.8. The third-order valence-electron chi connectivity index (χ3n) is 7.49. The van der Waals surface area contributed by atoms with Crippen molar-refractivity contribution in [3.63, 3.8) is 0 Å². The second-order valence-corrected chi connectivity index (χ2v) is 10.8.